The lowest BCUT2D eigenvalue weighted by Gasteiger charge is -2.08. The van der Waals surface area contributed by atoms with Gasteiger partial charge in [0.15, 0.2) is 4.67 Å². The first-order valence-corrected chi connectivity index (χ1v) is 8.65. The zero-order valence-corrected chi connectivity index (χ0v) is 14.5. The lowest BCUT2D eigenvalue weighted by molar-refractivity contribution is 0.245. The Labute approximate surface area is 137 Å². The van der Waals surface area contributed by atoms with Gasteiger partial charge in [-0.1, -0.05) is 27.5 Å². The summed E-state index contributed by atoms with van der Waals surface area (Å²) in [5.74, 6) is 0.137. The van der Waals surface area contributed by atoms with Gasteiger partial charge >= 0.3 is 0 Å². The molecule has 0 amide bonds. The van der Waals surface area contributed by atoms with E-state index in [0.29, 0.717) is 4.47 Å². The van der Waals surface area contributed by atoms with Gasteiger partial charge in [-0.2, -0.15) is 0 Å². The van der Waals surface area contributed by atoms with E-state index in [1.54, 1.807) is 18.2 Å². The molecule has 20 heavy (non-hydrogen) atoms. The van der Waals surface area contributed by atoms with Crippen LogP contribution in [0.1, 0.15) is 5.76 Å². The predicted molar refractivity (Wildman–Crippen MR) is 82.3 cm³/mol. The molecule has 1 aromatic carbocycles. The molecule has 0 saturated carbocycles. The molecule has 108 valence electrons. The van der Waals surface area contributed by atoms with E-state index in [2.05, 4.69) is 36.6 Å². The van der Waals surface area contributed by atoms with E-state index >= 15 is 0 Å². The molecule has 2 aromatic rings. The van der Waals surface area contributed by atoms with E-state index in [-0.39, 0.29) is 26.0 Å². The van der Waals surface area contributed by atoms with E-state index in [1.807, 2.05) is 0 Å². The Morgan fingerprint density at radius 3 is 2.60 bits per heavy atom. The van der Waals surface area contributed by atoms with Crippen LogP contribution in [0, 0.1) is 0 Å². The normalized spacial score (nSPS) is 11.6. The number of hydrogen-bond acceptors (Lipinski definition) is 4. The van der Waals surface area contributed by atoms with Crippen LogP contribution in [-0.4, -0.2) is 13.5 Å². The molecule has 1 aromatic heterocycles. The summed E-state index contributed by atoms with van der Waals surface area (Å²) in [5.41, 5.74) is 0.236. The Morgan fingerprint density at radius 2 is 2.00 bits per heavy atom. The van der Waals surface area contributed by atoms with Crippen molar-refractivity contribution < 1.29 is 17.9 Å². The van der Waals surface area contributed by atoms with Gasteiger partial charge in [-0.15, -0.1) is 0 Å². The smallest absolute Gasteiger partial charge is 0.266 e. The number of nitrogens with one attached hydrogen (secondary N) is 1. The van der Waals surface area contributed by atoms with Crippen LogP contribution in [0.25, 0.3) is 0 Å². The Hall–Kier alpha value is -0.540. The highest BCUT2D eigenvalue weighted by Crippen LogP contribution is 2.31. The van der Waals surface area contributed by atoms with Crippen molar-refractivity contribution in [1.29, 1.82) is 0 Å². The first-order chi connectivity index (χ1) is 9.33. The van der Waals surface area contributed by atoms with Crippen molar-refractivity contribution in [2.45, 2.75) is 11.5 Å². The third-order valence-electron chi connectivity index (χ3n) is 2.32. The van der Waals surface area contributed by atoms with Crippen LogP contribution in [0.3, 0.4) is 0 Å². The molecule has 0 saturated heterocycles. The fraction of sp³-hybridized carbons (Fsp3) is 0.0909. The third-order valence-corrected chi connectivity index (χ3v) is 5.37. The van der Waals surface area contributed by atoms with Crippen molar-refractivity contribution in [2.75, 3.05) is 4.72 Å². The van der Waals surface area contributed by atoms with Crippen molar-refractivity contribution in [3.8, 4) is 0 Å². The van der Waals surface area contributed by atoms with Crippen LogP contribution in [0.15, 0.2) is 42.7 Å². The fourth-order valence-electron chi connectivity index (χ4n) is 1.43. The highest BCUT2D eigenvalue weighted by molar-refractivity contribution is 9.10. The molecule has 0 bridgehead atoms. The first kappa shape index (κ1) is 15.8. The third kappa shape index (κ3) is 3.37. The second kappa shape index (κ2) is 6.07. The number of sulfonamides is 1. The number of aliphatic hydroxyl groups is 1. The Morgan fingerprint density at radius 1 is 1.30 bits per heavy atom. The molecule has 0 atom stereocenters. The van der Waals surface area contributed by atoms with Crippen LogP contribution in [0.5, 0.6) is 0 Å². The van der Waals surface area contributed by atoms with Crippen LogP contribution < -0.4 is 4.72 Å². The van der Waals surface area contributed by atoms with Gasteiger partial charge in [0.2, 0.25) is 0 Å². The number of anilines is 1. The Balaban J connectivity index is 2.40. The quantitative estimate of drug-likeness (QED) is 0.751. The molecule has 0 unspecified atom stereocenters. The second-order valence-electron chi connectivity index (χ2n) is 3.74. The van der Waals surface area contributed by atoms with Gasteiger partial charge < -0.3 is 9.52 Å². The lowest BCUT2D eigenvalue weighted by atomic mass is 10.3. The van der Waals surface area contributed by atoms with Gasteiger partial charge in [0.05, 0.1) is 10.7 Å². The molecular formula is C11H8Br2ClNO4S. The topological polar surface area (TPSA) is 79.5 Å². The molecule has 0 aliphatic heterocycles. The van der Waals surface area contributed by atoms with E-state index < -0.39 is 16.6 Å². The SMILES string of the molecule is O=S(=O)(Nc1cc(Br)ccc1Cl)c1cc(CO)oc1Br. The number of aliphatic hydroxyl groups excluding tert-OH is 1. The van der Waals surface area contributed by atoms with Crippen LogP contribution in [0.4, 0.5) is 5.69 Å². The molecule has 2 N–H and O–H groups in total. The zero-order chi connectivity index (χ0) is 14.9. The average Bonchev–Trinajstić information content (AvgIpc) is 2.76. The van der Waals surface area contributed by atoms with E-state index in [9.17, 15) is 8.42 Å². The van der Waals surface area contributed by atoms with E-state index in [1.165, 1.54) is 6.07 Å². The van der Waals surface area contributed by atoms with Crippen molar-refractivity contribution in [2.24, 2.45) is 0 Å². The van der Waals surface area contributed by atoms with Gasteiger partial charge in [0, 0.05) is 10.5 Å². The van der Waals surface area contributed by atoms with Crippen LogP contribution in [0.2, 0.25) is 5.02 Å². The average molecular weight is 446 g/mol. The summed E-state index contributed by atoms with van der Waals surface area (Å²) in [6.45, 7) is -0.397. The summed E-state index contributed by atoms with van der Waals surface area (Å²) in [6.07, 6.45) is 0. The predicted octanol–water partition coefficient (Wildman–Crippen LogP) is 3.75. The van der Waals surface area contributed by atoms with Gasteiger partial charge in [-0.25, -0.2) is 8.42 Å². The zero-order valence-electron chi connectivity index (χ0n) is 9.73. The molecule has 0 aliphatic rings. The maximum atomic E-state index is 12.3. The number of furan rings is 1. The molecule has 0 fully saturated rings. The standard InChI is InChI=1S/C11H8Br2ClNO4S/c12-6-1-2-8(14)9(3-6)15-20(17,18)10-4-7(5-16)19-11(10)13/h1-4,15-16H,5H2. The van der Waals surface area contributed by atoms with Crippen molar-refractivity contribution in [3.05, 3.63) is 44.2 Å². The Kier molecular flexibility index (Phi) is 4.80. The molecule has 2 rings (SSSR count). The summed E-state index contributed by atoms with van der Waals surface area (Å²) in [7, 11) is -3.88. The summed E-state index contributed by atoms with van der Waals surface area (Å²) in [4.78, 5) is -0.113. The van der Waals surface area contributed by atoms with Crippen molar-refractivity contribution >= 4 is 59.2 Å². The van der Waals surface area contributed by atoms with Gasteiger partial charge in [0.25, 0.3) is 10.0 Å². The minimum Gasteiger partial charge on any atom is -0.450 e. The number of hydrogen-bond donors (Lipinski definition) is 2. The van der Waals surface area contributed by atoms with Gasteiger partial charge in [-0.3, -0.25) is 4.72 Å². The van der Waals surface area contributed by atoms with E-state index in [4.69, 9.17) is 21.1 Å². The highest BCUT2D eigenvalue weighted by atomic mass is 79.9. The van der Waals surface area contributed by atoms with E-state index in [0.717, 1.165) is 0 Å². The minimum absolute atomic E-state index is 0.0140. The maximum Gasteiger partial charge on any atom is 0.266 e. The van der Waals surface area contributed by atoms with Crippen LogP contribution in [-0.2, 0) is 16.6 Å². The molecule has 0 spiro atoms. The largest absolute Gasteiger partial charge is 0.450 e. The Bertz CT molecular complexity index is 745. The summed E-state index contributed by atoms with van der Waals surface area (Å²) < 4.78 is 32.6. The van der Waals surface area contributed by atoms with Crippen molar-refractivity contribution in [3.63, 3.8) is 0 Å². The summed E-state index contributed by atoms with van der Waals surface area (Å²) in [5, 5.41) is 9.22. The highest BCUT2D eigenvalue weighted by Gasteiger charge is 2.23. The molecule has 5 nitrogen and oxygen atoms in total. The first-order valence-electron chi connectivity index (χ1n) is 5.20. The number of rotatable bonds is 4. The fourth-order valence-corrected chi connectivity index (χ4v) is 4.09. The molecular weight excluding hydrogens is 437 g/mol. The van der Waals surface area contributed by atoms with Gasteiger partial charge in [0.1, 0.15) is 17.3 Å². The monoisotopic (exact) mass is 443 g/mol. The molecule has 0 aliphatic carbocycles. The number of halogens is 3. The molecule has 0 radical (unpaired) electrons. The van der Waals surface area contributed by atoms with Crippen LogP contribution >= 0.6 is 43.5 Å². The molecule has 9 heteroatoms. The van der Waals surface area contributed by atoms with Crippen molar-refractivity contribution in [1.82, 2.24) is 0 Å². The number of benzene rings is 1. The molecule has 1 heterocycles. The maximum absolute atomic E-state index is 12.3. The lowest BCUT2D eigenvalue weighted by Crippen LogP contribution is -2.13. The van der Waals surface area contributed by atoms with Gasteiger partial charge in [-0.05, 0) is 34.1 Å². The second-order valence-corrected chi connectivity index (χ2v) is 7.43. The summed E-state index contributed by atoms with van der Waals surface area (Å²) in [6, 6.07) is 6.03. The minimum atomic E-state index is -3.88. The summed E-state index contributed by atoms with van der Waals surface area (Å²) >= 11 is 12.2.